The maximum atomic E-state index is 12.7. The molecule has 31 heavy (non-hydrogen) atoms. The van der Waals surface area contributed by atoms with Gasteiger partial charge in [-0.05, 0) is 16.0 Å². The number of hydrogen-bond donors (Lipinski definition) is 4. The van der Waals surface area contributed by atoms with Crippen LogP contribution in [0.25, 0.3) is 0 Å². The third kappa shape index (κ3) is 3.98. The van der Waals surface area contributed by atoms with Crippen LogP contribution in [-0.4, -0.2) is 81.0 Å². The molecule has 0 radical (unpaired) electrons. The molecule has 0 bridgehead atoms. The van der Waals surface area contributed by atoms with Gasteiger partial charge in [0.25, 0.3) is 11.8 Å². The lowest BCUT2D eigenvalue weighted by atomic mass is 10.0. The highest BCUT2D eigenvalue weighted by Crippen LogP contribution is 2.41. The zero-order valence-corrected chi connectivity index (χ0v) is 18.3. The molecule has 0 saturated carbocycles. The van der Waals surface area contributed by atoms with Crippen LogP contribution in [0.3, 0.4) is 0 Å². The zero-order valence-electron chi connectivity index (χ0n) is 15.8. The standard InChI is InChI=1S/C15H16N8O5S3/c1-22-15(19-20-21-22)31-3-5-2-29-12-7(11(26)23(12)8(5)13(27)28)18-10(25)9(24)6-4-30-14(16)17-6/h4,7,9,12,24H,2-3H2,1H3,(H2,16,17)(H,18,25)(H,27,28)/t7-,9?,12-/m1/s1. The molecule has 13 nitrogen and oxygen atoms in total. The number of fused-ring (bicyclic) bond motifs is 1. The fourth-order valence-corrected chi connectivity index (χ4v) is 6.00. The number of β-lactam (4-membered cyclic amide) rings is 1. The van der Waals surface area contributed by atoms with Crippen molar-refractivity contribution in [2.45, 2.75) is 22.7 Å². The number of thiazole rings is 1. The molecule has 2 aromatic rings. The molecule has 1 unspecified atom stereocenters. The van der Waals surface area contributed by atoms with Crippen LogP contribution >= 0.6 is 34.9 Å². The lowest BCUT2D eigenvalue weighted by Gasteiger charge is -2.49. The van der Waals surface area contributed by atoms with Gasteiger partial charge in [-0.1, -0.05) is 11.8 Å². The van der Waals surface area contributed by atoms with Crippen molar-refractivity contribution in [3.8, 4) is 0 Å². The minimum absolute atomic E-state index is 0.0867. The highest BCUT2D eigenvalue weighted by molar-refractivity contribution is 8.01. The number of carbonyl (C=O) groups excluding carboxylic acids is 2. The molecule has 164 valence electrons. The number of nitrogens with two attached hydrogens (primary N) is 1. The molecule has 0 aromatic carbocycles. The molecule has 0 aliphatic carbocycles. The Kier molecular flexibility index (Phi) is 5.87. The average molecular weight is 485 g/mol. The van der Waals surface area contributed by atoms with Crippen molar-refractivity contribution in [3.05, 3.63) is 22.3 Å². The summed E-state index contributed by atoms with van der Waals surface area (Å²) in [6, 6.07) is -0.949. The van der Waals surface area contributed by atoms with Gasteiger partial charge in [0.2, 0.25) is 5.16 Å². The van der Waals surface area contributed by atoms with Crippen molar-refractivity contribution < 1.29 is 24.6 Å². The number of carboxylic acids is 1. The topological polar surface area (TPSA) is 189 Å². The summed E-state index contributed by atoms with van der Waals surface area (Å²) < 4.78 is 1.46. The molecular formula is C15H16N8O5S3. The number of carbonyl (C=O) groups is 3. The summed E-state index contributed by atoms with van der Waals surface area (Å²) in [5.74, 6) is -1.95. The first-order valence-electron chi connectivity index (χ1n) is 8.72. The van der Waals surface area contributed by atoms with Gasteiger partial charge in [0.05, 0.1) is 5.69 Å². The van der Waals surface area contributed by atoms with E-state index in [0.29, 0.717) is 22.2 Å². The number of thioether (sulfide) groups is 2. The molecule has 4 heterocycles. The van der Waals surface area contributed by atoms with Crippen molar-refractivity contribution in [3.63, 3.8) is 0 Å². The molecule has 16 heteroatoms. The lowest BCUT2D eigenvalue weighted by molar-refractivity contribution is -0.151. The number of aryl methyl sites for hydroxylation is 1. The number of tetrazole rings is 1. The largest absolute Gasteiger partial charge is 0.477 e. The van der Waals surface area contributed by atoms with Gasteiger partial charge in [0, 0.05) is 23.9 Å². The van der Waals surface area contributed by atoms with E-state index < -0.39 is 35.3 Å². The zero-order chi connectivity index (χ0) is 22.3. The van der Waals surface area contributed by atoms with E-state index in [1.165, 1.54) is 38.5 Å². The molecule has 5 N–H and O–H groups in total. The Morgan fingerprint density at radius 2 is 2.26 bits per heavy atom. The fourth-order valence-electron chi connectivity index (χ4n) is 3.08. The Morgan fingerprint density at radius 3 is 2.87 bits per heavy atom. The van der Waals surface area contributed by atoms with Gasteiger partial charge in [0.1, 0.15) is 17.1 Å². The van der Waals surface area contributed by atoms with Crippen LogP contribution in [0, 0.1) is 0 Å². The van der Waals surface area contributed by atoms with Crippen LogP contribution in [0.5, 0.6) is 0 Å². The van der Waals surface area contributed by atoms with E-state index in [-0.39, 0.29) is 16.5 Å². The quantitative estimate of drug-likeness (QED) is 0.272. The fraction of sp³-hybridized carbons (Fsp3) is 0.400. The molecule has 2 aliphatic heterocycles. The number of rotatable bonds is 7. The van der Waals surface area contributed by atoms with Crippen molar-refractivity contribution in [1.82, 2.24) is 35.4 Å². The summed E-state index contributed by atoms with van der Waals surface area (Å²) in [4.78, 5) is 42.0. The molecule has 4 rings (SSSR count). The normalized spacial score (nSPS) is 21.5. The van der Waals surface area contributed by atoms with Crippen LogP contribution in [-0.2, 0) is 21.4 Å². The van der Waals surface area contributed by atoms with Crippen LogP contribution in [0.1, 0.15) is 11.8 Å². The minimum Gasteiger partial charge on any atom is -0.477 e. The SMILES string of the molecule is Cn1nnnc1SCC1=C(C(=O)O)N2C(=O)[C@@H](NC(=O)C(O)c3csc(N)n3)[C@H]2SC1. The van der Waals surface area contributed by atoms with Crippen molar-refractivity contribution in [2.24, 2.45) is 7.05 Å². The molecular weight excluding hydrogens is 468 g/mol. The molecule has 2 aromatic heterocycles. The van der Waals surface area contributed by atoms with E-state index in [1.807, 2.05) is 0 Å². The number of carboxylic acid groups (broad SMARTS) is 1. The second-order valence-corrected chi connectivity index (χ2v) is 9.48. The molecule has 3 atom stereocenters. The van der Waals surface area contributed by atoms with Crippen LogP contribution < -0.4 is 11.1 Å². The van der Waals surface area contributed by atoms with Gasteiger partial charge in [-0.15, -0.1) is 28.2 Å². The molecule has 2 amide bonds. The summed E-state index contributed by atoms with van der Waals surface area (Å²) >= 11 is 3.67. The van der Waals surface area contributed by atoms with Crippen LogP contribution in [0.15, 0.2) is 21.8 Å². The number of nitrogens with one attached hydrogen (secondary N) is 1. The smallest absolute Gasteiger partial charge is 0.352 e. The Bertz CT molecular complexity index is 1080. The molecule has 1 saturated heterocycles. The number of nitrogen functional groups attached to an aromatic ring is 1. The minimum atomic E-state index is -1.58. The average Bonchev–Trinajstić information content (AvgIpc) is 3.36. The lowest BCUT2D eigenvalue weighted by Crippen LogP contribution is -2.70. The summed E-state index contributed by atoms with van der Waals surface area (Å²) in [6.07, 6.45) is -1.58. The number of aliphatic hydroxyl groups is 1. The number of hydrogen-bond acceptors (Lipinski definition) is 12. The summed E-state index contributed by atoms with van der Waals surface area (Å²) in [7, 11) is 1.67. The summed E-state index contributed by atoms with van der Waals surface area (Å²) in [5.41, 5.74) is 6.05. The van der Waals surface area contributed by atoms with Crippen LogP contribution in [0.4, 0.5) is 5.13 Å². The predicted molar refractivity (Wildman–Crippen MR) is 111 cm³/mol. The van der Waals surface area contributed by atoms with Gasteiger partial charge in [-0.3, -0.25) is 14.5 Å². The summed E-state index contributed by atoms with van der Waals surface area (Å²) in [6.45, 7) is 0. The number of aliphatic hydroxyl groups excluding tert-OH is 1. The summed E-state index contributed by atoms with van der Waals surface area (Å²) in [5, 5.41) is 35.0. The maximum absolute atomic E-state index is 12.7. The number of nitrogens with zero attached hydrogens (tertiary/aromatic N) is 6. The van der Waals surface area contributed by atoms with Gasteiger partial charge in [-0.2, -0.15) is 0 Å². The Hall–Kier alpha value is -2.69. The number of anilines is 1. The highest BCUT2D eigenvalue weighted by atomic mass is 32.2. The van der Waals surface area contributed by atoms with Gasteiger partial charge in [0.15, 0.2) is 11.2 Å². The third-order valence-electron chi connectivity index (χ3n) is 4.57. The first-order valence-corrected chi connectivity index (χ1v) is 11.6. The van der Waals surface area contributed by atoms with E-state index in [0.717, 1.165) is 11.3 Å². The number of aromatic nitrogens is 5. The first kappa shape index (κ1) is 21.5. The van der Waals surface area contributed by atoms with E-state index in [4.69, 9.17) is 5.73 Å². The second kappa shape index (κ2) is 8.45. The Balaban J connectivity index is 1.46. The molecule has 1 fully saturated rings. The van der Waals surface area contributed by atoms with Crippen molar-refractivity contribution in [1.29, 1.82) is 0 Å². The van der Waals surface area contributed by atoms with Crippen molar-refractivity contribution in [2.75, 3.05) is 17.2 Å². The van der Waals surface area contributed by atoms with E-state index in [9.17, 15) is 24.6 Å². The monoisotopic (exact) mass is 484 g/mol. The van der Waals surface area contributed by atoms with Gasteiger partial charge < -0.3 is 21.3 Å². The molecule has 0 spiro atoms. The van der Waals surface area contributed by atoms with Crippen LogP contribution in [0.2, 0.25) is 0 Å². The highest BCUT2D eigenvalue weighted by Gasteiger charge is 2.54. The first-order chi connectivity index (χ1) is 14.8. The van der Waals surface area contributed by atoms with E-state index in [2.05, 4.69) is 25.8 Å². The molecule has 2 aliphatic rings. The van der Waals surface area contributed by atoms with Gasteiger partial charge >= 0.3 is 5.97 Å². The maximum Gasteiger partial charge on any atom is 0.352 e. The second-order valence-electron chi connectivity index (χ2n) is 6.54. The Morgan fingerprint density at radius 1 is 1.48 bits per heavy atom. The van der Waals surface area contributed by atoms with Crippen molar-refractivity contribution >= 4 is 57.8 Å². The number of aliphatic carboxylic acids is 1. The third-order valence-corrected chi connectivity index (χ3v) is 7.70. The van der Waals surface area contributed by atoms with E-state index in [1.54, 1.807) is 7.05 Å². The number of amides is 2. The van der Waals surface area contributed by atoms with Gasteiger partial charge in [-0.25, -0.2) is 14.5 Å². The Labute approximate surface area is 187 Å². The predicted octanol–water partition coefficient (Wildman–Crippen LogP) is -1.19. The van der Waals surface area contributed by atoms with E-state index >= 15 is 0 Å².